The van der Waals surface area contributed by atoms with Gasteiger partial charge in [-0.25, -0.2) is 4.79 Å². The molecule has 1 aromatic carbocycles. The van der Waals surface area contributed by atoms with E-state index in [2.05, 4.69) is 15.5 Å². The monoisotopic (exact) mass is 379 g/mol. The molecule has 0 radical (unpaired) electrons. The number of hydrogen-bond donors (Lipinski definition) is 2. The van der Waals surface area contributed by atoms with Gasteiger partial charge >= 0.3 is 5.69 Å². The Morgan fingerprint density at radius 2 is 1.81 bits per heavy atom. The van der Waals surface area contributed by atoms with Crippen LogP contribution >= 0.6 is 12.4 Å². The third-order valence-corrected chi connectivity index (χ3v) is 5.08. The predicted octanol–water partition coefficient (Wildman–Crippen LogP) is 0.149. The summed E-state index contributed by atoms with van der Waals surface area (Å²) in [5.41, 5.74) is 2.36. The molecule has 1 aromatic heterocycles. The Morgan fingerprint density at radius 3 is 2.50 bits per heavy atom. The Balaban J connectivity index is 0.00000196. The minimum Gasteiger partial charge on any atom is -0.369 e. The third kappa shape index (κ3) is 2.99. The summed E-state index contributed by atoms with van der Waals surface area (Å²) in [4.78, 5) is 38.6. The van der Waals surface area contributed by atoms with Crippen LogP contribution in [-0.4, -0.2) is 47.1 Å². The highest BCUT2D eigenvalue weighted by molar-refractivity contribution is 6.00. The van der Waals surface area contributed by atoms with Crippen LogP contribution in [0.25, 0.3) is 11.0 Å². The molecule has 1 atom stereocenters. The summed E-state index contributed by atoms with van der Waals surface area (Å²) < 4.78 is 3.09. The molecule has 0 bridgehead atoms. The summed E-state index contributed by atoms with van der Waals surface area (Å²) in [7, 11) is 1.72. The second kappa shape index (κ2) is 7.13. The number of carbonyl (C=O) groups excluding carboxylic acids is 2. The van der Waals surface area contributed by atoms with Gasteiger partial charge in [0.25, 0.3) is 0 Å². The van der Waals surface area contributed by atoms with Crippen LogP contribution < -0.4 is 21.2 Å². The van der Waals surface area contributed by atoms with Crippen LogP contribution in [0.5, 0.6) is 0 Å². The molecule has 0 saturated carbocycles. The molecule has 9 heteroatoms. The summed E-state index contributed by atoms with van der Waals surface area (Å²) >= 11 is 0. The number of fused-ring (bicyclic) bond motifs is 1. The Morgan fingerprint density at radius 1 is 1.08 bits per heavy atom. The van der Waals surface area contributed by atoms with Gasteiger partial charge in [0.05, 0.1) is 11.0 Å². The first-order chi connectivity index (χ1) is 12.1. The summed E-state index contributed by atoms with van der Waals surface area (Å²) in [6, 6.07) is 5.26. The topological polar surface area (TPSA) is 88.4 Å². The van der Waals surface area contributed by atoms with Crippen LogP contribution in [0.1, 0.15) is 18.9 Å². The van der Waals surface area contributed by atoms with Gasteiger partial charge in [0, 0.05) is 45.3 Å². The smallest absolute Gasteiger partial charge is 0.329 e. The lowest BCUT2D eigenvalue weighted by Crippen LogP contribution is -2.44. The summed E-state index contributed by atoms with van der Waals surface area (Å²) in [6.07, 6.45) is 0.599. The Kier molecular flexibility index (Phi) is 5.06. The average molecular weight is 380 g/mol. The molecule has 0 spiro atoms. The number of piperazine rings is 1. The zero-order valence-electron chi connectivity index (χ0n) is 14.5. The van der Waals surface area contributed by atoms with Crippen LogP contribution in [0.15, 0.2) is 23.0 Å². The number of carbonyl (C=O) groups is 2. The zero-order valence-corrected chi connectivity index (χ0v) is 15.3. The number of piperidine rings is 1. The SMILES string of the molecule is Cl.Cn1c(=O)n(C2CCC(=O)NC2=O)c2ccc(N3CCNCC3)cc21. The average Bonchev–Trinajstić information content (AvgIpc) is 2.87. The van der Waals surface area contributed by atoms with E-state index >= 15 is 0 Å². The van der Waals surface area contributed by atoms with Crippen LogP contribution in [0.3, 0.4) is 0 Å². The van der Waals surface area contributed by atoms with E-state index < -0.39 is 11.9 Å². The summed E-state index contributed by atoms with van der Waals surface area (Å²) in [5, 5.41) is 5.65. The number of imidazole rings is 1. The number of benzene rings is 1. The van der Waals surface area contributed by atoms with Crippen molar-refractivity contribution in [3.63, 3.8) is 0 Å². The number of amides is 2. The highest BCUT2D eigenvalue weighted by atomic mass is 35.5. The van der Waals surface area contributed by atoms with Crippen molar-refractivity contribution < 1.29 is 9.59 Å². The molecule has 2 aromatic rings. The molecule has 26 heavy (non-hydrogen) atoms. The molecule has 0 aliphatic carbocycles. The Labute approximate surface area is 156 Å². The first-order valence-corrected chi connectivity index (χ1v) is 8.56. The zero-order chi connectivity index (χ0) is 17.6. The summed E-state index contributed by atoms with van der Waals surface area (Å²) in [6.45, 7) is 3.73. The van der Waals surface area contributed by atoms with Crippen molar-refractivity contribution in [1.29, 1.82) is 0 Å². The normalized spacial score (nSPS) is 20.8. The quantitative estimate of drug-likeness (QED) is 0.725. The van der Waals surface area contributed by atoms with Gasteiger partial charge in [0.2, 0.25) is 11.8 Å². The number of nitrogens with zero attached hydrogens (tertiary/aromatic N) is 3. The number of imide groups is 1. The minimum absolute atomic E-state index is 0. The molecule has 2 fully saturated rings. The molecule has 2 aliphatic heterocycles. The molecule has 3 heterocycles. The fourth-order valence-corrected chi connectivity index (χ4v) is 3.70. The van der Waals surface area contributed by atoms with E-state index in [1.54, 1.807) is 11.6 Å². The number of anilines is 1. The van der Waals surface area contributed by atoms with Crippen molar-refractivity contribution in [2.24, 2.45) is 7.05 Å². The molecule has 2 aliphatic rings. The van der Waals surface area contributed by atoms with Gasteiger partial charge in [-0.2, -0.15) is 0 Å². The van der Waals surface area contributed by atoms with Crippen LogP contribution in [0, 0.1) is 0 Å². The number of nitrogens with one attached hydrogen (secondary N) is 2. The first kappa shape index (κ1) is 18.5. The molecular weight excluding hydrogens is 358 g/mol. The van der Waals surface area contributed by atoms with Crippen molar-refractivity contribution >= 4 is 40.9 Å². The predicted molar refractivity (Wildman–Crippen MR) is 101 cm³/mol. The maximum absolute atomic E-state index is 12.7. The molecule has 4 rings (SSSR count). The van der Waals surface area contributed by atoms with Crippen molar-refractivity contribution in [2.45, 2.75) is 18.9 Å². The third-order valence-electron chi connectivity index (χ3n) is 5.08. The van der Waals surface area contributed by atoms with E-state index in [-0.39, 0.29) is 30.4 Å². The van der Waals surface area contributed by atoms with Crippen LogP contribution in [0.2, 0.25) is 0 Å². The number of aromatic nitrogens is 2. The fourth-order valence-electron chi connectivity index (χ4n) is 3.70. The summed E-state index contributed by atoms with van der Waals surface area (Å²) in [5.74, 6) is -0.687. The van der Waals surface area contributed by atoms with Crippen LogP contribution in [-0.2, 0) is 16.6 Å². The van der Waals surface area contributed by atoms with E-state index in [1.807, 2.05) is 18.2 Å². The van der Waals surface area contributed by atoms with E-state index in [4.69, 9.17) is 0 Å². The molecular formula is C17H22ClN5O3. The maximum Gasteiger partial charge on any atom is 0.329 e. The molecule has 2 N–H and O–H groups in total. The van der Waals surface area contributed by atoms with Gasteiger partial charge in [-0.05, 0) is 24.6 Å². The van der Waals surface area contributed by atoms with E-state index in [0.29, 0.717) is 6.42 Å². The van der Waals surface area contributed by atoms with Gasteiger partial charge in [0.15, 0.2) is 0 Å². The second-order valence-electron chi connectivity index (χ2n) is 6.59. The van der Waals surface area contributed by atoms with Gasteiger partial charge in [-0.15, -0.1) is 12.4 Å². The highest BCUT2D eigenvalue weighted by Gasteiger charge is 2.31. The van der Waals surface area contributed by atoms with Gasteiger partial charge in [-0.1, -0.05) is 0 Å². The van der Waals surface area contributed by atoms with Crippen molar-refractivity contribution in [2.75, 3.05) is 31.1 Å². The van der Waals surface area contributed by atoms with Crippen molar-refractivity contribution in [1.82, 2.24) is 19.8 Å². The lowest BCUT2D eigenvalue weighted by atomic mass is 10.1. The minimum atomic E-state index is -0.640. The number of aryl methyl sites for hydroxylation is 1. The lowest BCUT2D eigenvalue weighted by Gasteiger charge is -2.29. The molecule has 1 unspecified atom stereocenters. The number of rotatable bonds is 2. The standard InChI is InChI=1S/C17H21N5O3.ClH/c1-20-14-10-11(21-8-6-18-7-9-21)2-3-12(14)22(17(20)25)13-4-5-15(23)19-16(13)24;/h2-3,10,13,18H,4-9H2,1H3,(H,19,23,24);1H. The van der Waals surface area contributed by atoms with E-state index in [0.717, 1.165) is 42.9 Å². The number of hydrogen-bond acceptors (Lipinski definition) is 5. The van der Waals surface area contributed by atoms with Crippen molar-refractivity contribution in [3.8, 4) is 0 Å². The largest absolute Gasteiger partial charge is 0.369 e. The first-order valence-electron chi connectivity index (χ1n) is 8.56. The second-order valence-corrected chi connectivity index (χ2v) is 6.59. The molecule has 2 amide bonds. The molecule has 140 valence electrons. The van der Waals surface area contributed by atoms with Crippen molar-refractivity contribution in [3.05, 3.63) is 28.7 Å². The highest BCUT2D eigenvalue weighted by Crippen LogP contribution is 2.26. The molecule has 8 nitrogen and oxygen atoms in total. The molecule has 2 saturated heterocycles. The van der Waals surface area contributed by atoms with E-state index in [1.165, 1.54) is 4.57 Å². The van der Waals surface area contributed by atoms with Crippen LogP contribution in [0.4, 0.5) is 5.69 Å². The Hall–Kier alpha value is -2.32. The number of halogens is 1. The Bertz CT molecular complexity index is 913. The van der Waals surface area contributed by atoms with Gasteiger partial charge in [-0.3, -0.25) is 24.0 Å². The van der Waals surface area contributed by atoms with E-state index in [9.17, 15) is 14.4 Å². The van der Waals surface area contributed by atoms with Gasteiger partial charge in [0.1, 0.15) is 6.04 Å². The van der Waals surface area contributed by atoms with Gasteiger partial charge < -0.3 is 10.2 Å². The maximum atomic E-state index is 12.7. The fraction of sp³-hybridized carbons (Fsp3) is 0.471. The lowest BCUT2D eigenvalue weighted by molar-refractivity contribution is -0.135.